The van der Waals surface area contributed by atoms with Gasteiger partial charge in [0.05, 0.1) is 12.5 Å². The third kappa shape index (κ3) is 4.90. The molecule has 1 saturated carbocycles. The molecule has 1 aliphatic rings. The molecule has 136 valence electrons. The van der Waals surface area contributed by atoms with Crippen LogP contribution in [0.1, 0.15) is 44.1 Å². The Morgan fingerprint density at radius 2 is 2.08 bits per heavy atom. The molecule has 0 radical (unpaired) electrons. The summed E-state index contributed by atoms with van der Waals surface area (Å²) < 4.78 is 43.7. The van der Waals surface area contributed by atoms with E-state index in [9.17, 15) is 23.1 Å². The predicted molar refractivity (Wildman–Crippen MR) is 81.4 cm³/mol. The minimum Gasteiger partial charge on any atom is -0.463 e. The van der Waals surface area contributed by atoms with Gasteiger partial charge in [-0.3, -0.25) is 0 Å². The van der Waals surface area contributed by atoms with Crippen molar-refractivity contribution in [1.29, 1.82) is 0 Å². The number of furan rings is 1. The Balaban J connectivity index is 1.83. The Morgan fingerprint density at radius 3 is 2.67 bits per heavy atom. The first kappa shape index (κ1) is 18.6. The summed E-state index contributed by atoms with van der Waals surface area (Å²) in [6.07, 6.45) is -3.27. The van der Waals surface area contributed by atoms with Crippen LogP contribution in [0.15, 0.2) is 16.5 Å². The molecule has 0 aliphatic heterocycles. The van der Waals surface area contributed by atoms with Crippen LogP contribution in [0.25, 0.3) is 0 Å². The Kier molecular flexibility index (Phi) is 5.47. The van der Waals surface area contributed by atoms with E-state index in [4.69, 9.17) is 4.42 Å². The number of urea groups is 1. The third-order valence-electron chi connectivity index (χ3n) is 4.34. The highest BCUT2D eigenvalue weighted by Crippen LogP contribution is 2.37. The van der Waals surface area contributed by atoms with Crippen molar-refractivity contribution in [2.45, 2.75) is 57.3 Å². The number of aliphatic hydroxyl groups is 1. The van der Waals surface area contributed by atoms with Crippen LogP contribution in [-0.2, 0) is 5.60 Å². The van der Waals surface area contributed by atoms with Crippen LogP contribution >= 0.6 is 0 Å². The van der Waals surface area contributed by atoms with Gasteiger partial charge in [-0.05, 0) is 45.2 Å². The summed E-state index contributed by atoms with van der Waals surface area (Å²) in [5.41, 5.74) is -1.40. The van der Waals surface area contributed by atoms with Gasteiger partial charge in [-0.2, -0.15) is 13.2 Å². The van der Waals surface area contributed by atoms with Crippen molar-refractivity contribution in [2.24, 2.45) is 5.92 Å². The van der Waals surface area contributed by atoms with E-state index in [1.807, 2.05) is 0 Å². The smallest absolute Gasteiger partial charge is 0.391 e. The summed E-state index contributed by atoms with van der Waals surface area (Å²) in [5, 5.41) is 15.4. The standard InChI is InChI=1S/C16H23F3N2O3/c1-10-6-7-13(24-10)15(2,23)9-20-14(22)21-12-5-3-4-11(8-12)16(17,18)19/h6-7,11-12,23H,3-5,8-9H2,1-2H3,(H2,20,21,22). The van der Waals surface area contributed by atoms with E-state index >= 15 is 0 Å². The zero-order chi connectivity index (χ0) is 18.0. The van der Waals surface area contributed by atoms with Gasteiger partial charge >= 0.3 is 12.2 Å². The molecule has 3 N–H and O–H groups in total. The molecule has 0 spiro atoms. The van der Waals surface area contributed by atoms with E-state index in [-0.39, 0.29) is 19.4 Å². The van der Waals surface area contributed by atoms with E-state index < -0.39 is 29.8 Å². The lowest BCUT2D eigenvalue weighted by atomic mass is 9.85. The molecule has 5 nitrogen and oxygen atoms in total. The fourth-order valence-electron chi connectivity index (χ4n) is 2.92. The van der Waals surface area contributed by atoms with E-state index in [2.05, 4.69) is 10.6 Å². The number of halogens is 3. The fourth-order valence-corrected chi connectivity index (χ4v) is 2.92. The van der Waals surface area contributed by atoms with Gasteiger partial charge in [-0.25, -0.2) is 4.79 Å². The Bertz CT molecular complexity index is 569. The normalized spacial score (nSPS) is 24.2. The first-order valence-corrected chi connectivity index (χ1v) is 7.98. The SMILES string of the molecule is Cc1ccc(C(C)(O)CNC(=O)NC2CCCC(C(F)(F)F)C2)o1. The number of aryl methyl sites for hydroxylation is 1. The Labute approximate surface area is 138 Å². The molecular weight excluding hydrogens is 325 g/mol. The molecule has 1 aromatic heterocycles. The lowest BCUT2D eigenvalue weighted by Gasteiger charge is -2.31. The van der Waals surface area contributed by atoms with Gasteiger partial charge < -0.3 is 20.2 Å². The molecule has 1 aliphatic carbocycles. The van der Waals surface area contributed by atoms with Crippen LogP contribution < -0.4 is 10.6 Å². The van der Waals surface area contributed by atoms with Crippen LogP contribution in [0.3, 0.4) is 0 Å². The number of rotatable bonds is 4. The molecule has 0 aromatic carbocycles. The van der Waals surface area contributed by atoms with Crippen molar-refractivity contribution in [3.05, 3.63) is 23.7 Å². The van der Waals surface area contributed by atoms with Gasteiger partial charge in [0.15, 0.2) is 0 Å². The number of hydrogen-bond acceptors (Lipinski definition) is 3. The summed E-state index contributed by atoms with van der Waals surface area (Å²) in [7, 11) is 0. The quantitative estimate of drug-likeness (QED) is 0.782. The van der Waals surface area contributed by atoms with Crippen molar-refractivity contribution in [3.8, 4) is 0 Å². The van der Waals surface area contributed by atoms with Gasteiger partial charge in [0, 0.05) is 6.04 Å². The number of hydrogen-bond donors (Lipinski definition) is 3. The summed E-state index contributed by atoms with van der Waals surface area (Å²) in [6.45, 7) is 3.12. The average molecular weight is 348 g/mol. The molecule has 2 amide bonds. The lowest BCUT2D eigenvalue weighted by molar-refractivity contribution is -0.183. The van der Waals surface area contributed by atoms with Crippen molar-refractivity contribution < 1.29 is 27.5 Å². The van der Waals surface area contributed by atoms with E-state index in [0.717, 1.165) is 0 Å². The summed E-state index contributed by atoms with van der Waals surface area (Å²) in [5.74, 6) is -0.420. The maximum absolute atomic E-state index is 12.8. The summed E-state index contributed by atoms with van der Waals surface area (Å²) >= 11 is 0. The number of carbonyl (C=O) groups is 1. The minimum absolute atomic E-state index is 0.106. The maximum atomic E-state index is 12.8. The molecule has 24 heavy (non-hydrogen) atoms. The second-order valence-corrected chi connectivity index (χ2v) is 6.61. The van der Waals surface area contributed by atoms with Crippen LogP contribution in [0.4, 0.5) is 18.0 Å². The van der Waals surface area contributed by atoms with Crippen molar-refractivity contribution >= 4 is 6.03 Å². The Hall–Kier alpha value is -1.70. The molecule has 8 heteroatoms. The largest absolute Gasteiger partial charge is 0.463 e. The second-order valence-electron chi connectivity index (χ2n) is 6.61. The summed E-state index contributed by atoms with van der Waals surface area (Å²) in [6, 6.07) is 2.21. The molecule has 1 aromatic rings. The highest BCUT2D eigenvalue weighted by Gasteiger charge is 2.42. The highest BCUT2D eigenvalue weighted by molar-refractivity contribution is 5.74. The zero-order valence-corrected chi connectivity index (χ0v) is 13.7. The van der Waals surface area contributed by atoms with Gasteiger partial charge in [-0.15, -0.1) is 0 Å². The van der Waals surface area contributed by atoms with Crippen molar-refractivity contribution in [1.82, 2.24) is 10.6 Å². The first-order valence-electron chi connectivity index (χ1n) is 7.98. The van der Waals surface area contributed by atoms with E-state index in [1.54, 1.807) is 19.1 Å². The van der Waals surface area contributed by atoms with Crippen LogP contribution in [-0.4, -0.2) is 29.9 Å². The van der Waals surface area contributed by atoms with Crippen molar-refractivity contribution in [2.75, 3.05) is 6.54 Å². The fraction of sp³-hybridized carbons (Fsp3) is 0.688. The van der Waals surface area contributed by atoms with Crippen LogP contribution in [0.2, 0.25) is 0 Å². The maximum Gasteiger partial charge on any atom is 0.391 e. The highest BCUT2D eigenvalue weighted by atomic mass is 19.4. The molecular formula is C16H23F3N2O3. The summed E-state index contributed by atoms with van der Waals surface area (Å²) in [4.78, 5) is 11.9. The van der Waals surface area contributed by atoms with E-state index in [1.165, 1.54) is 6.92 Å². The van der Waals surface area contributed by atoms with Gasteiger partial charge in [0.2, 0.25) is 0 Å². The molecule has 3 atom stereocenters. The number of carbonyl (C=O) groups excluding carboxylic acids is 1. The molecule has 2 rings (SSSR count). The van der Waals surface area contributed by atoms with Gasteiger partial charge in [0.25, 0.3) is 0 Å². The van der Waals surface area contributed by atoms with Crippen molar-refractivity contribution in [3.63, 3.8) is 0 Å². The third-order valence-corrected chi connectivity index (χ3v) is 4.34. The number of alkyl halides is 3. The van der Waals surface area contributed by atoms with Gasteiger partial charge in [0.1, 0.15) is 17.1 Å². The Morgan fingerprint density at radius 1 is 1.38 bits per heavy atom. The minimum atomic E-state index is -4.22. The molecule has 0 bridgehead atoms. The molecule has 1 heterocycles. The first-order chi connectivity index (χ1) is 11.1. The molecule has 3 unspecified atom stereocenters. The van der Waals surface area contributed by atoms with Gasteiger partial charge in [-0.1, -0.05) is 6.42 Å². The van der Waals surface area contributed by atoms with Crippen LogP contribution in [0, 0.1) is 12.8 Å². The second kappa shape index (κ2) is 7.04. The monoisotopic (exact) mass is 348 g/mol. The lowest BCUT2D eigenvalue weighted by Crippen LogP contribution is -2.48. The number of amides is 2. The zero-order valence-electron chi connectivity index (χ0n) is 13.7. The average Bonchev–Trinajstić information content (AvgIpc) is 2.92. The van der Waals surface area contributed by atoms with E-state index in [0.29, 0.717) is 24.4 Å². The molecule has 1 fully saturated rings. The number of nitrogens with one attached hydrogen (secondary N) is 2. The molecule has 0 saturated heterocycles. The predicted octanol–water partition coefficient (Wildman–Crippen LogP) is 3.22. The van der Waals surface area contributed by atoms with Crippen LogP contribution in [0.5, 0.6) is 0 Å². The topological polar surface area (TPSA) is 74.5 Å².